The second-order valence-electron chi connectivity index (χ2n) is 5.37. The van der Waals surface area contributed by atoms with Crippen LogP contribution in [-0.2, 0) is 4.74 Å². The van der Waals surface area contributed by atoms with Crippen molar-refractivity contribution in [3.05, 3.63) is 36.3 Å². The fourth-order valence-corrected chi connectivity index (χ4v) is 2.73. The van der Waals surface area contributed by atoms with Crippen molar-refractivity contribution in [1.82, 2.24) is 24.9 Å². The highest BCUT2D eigenvalue weighted by Crippen LogP contribution is 2.16. The van der Waals surface area contributed by atoms with Gasteiger partial charge >= 0.3 is 0 Å². The van der Waals surface area contributed by atoms with Crippen molar-refractivity contribution in [1.29, 1.82) is 0 Å². The van der Waals surface area contributed by atoms with Gasteiger partial charge in [0.05, 0.1) is 23.3 Å². The predicted molar refractivity (Wildman–Crippen MR) is 79.6 cm³/mol. The monoisotopic (exact) mass is 297 g/mol. The summed E-state index contributed by atoms with van der Waals surface area (Å²) in [4.78, 5) is 16.6. The van der Waals surface area contributed by atoms with Crippen molar-refractivity contribution in [2.24, 2.45) is 0 Å². The largest absolute Gasteiger partial charge is 0.376 e. The summed E-state index contributed by atoms with van der Waals surface area (Å²) in [6, 6.07) is 5.41. The van der Waals surface area contributed by atoms with E-state index in [0.29, 0.717) is 17.8 Å². The smallest absolute Gasteiger partial charge is 0.251 e. The molecule has 0 spiro atoms. The molecule has 1 N–H and O–H groups in total. The second kappa shape index (κ2) is 5.34. The zero-order valence-electron chi connectivity index (χ0n) is 11.9. The Bertz CT molecular complexity index is 838. The average Bonchev–Trinajstić information content (AvgIpc) is 3.23. The SMILES string of the molecule is O=C(NCC1CCCO1)c1ccc2ncc3nncn3c2c1. The molecule has 0 bridgehead atoms. The highest BCUT2D eigenvalue weighted by atomic mass is 16.5. The normalized spacial score (nSPS) is 18.1. The molecule has 22 heavy (non-hydrogen) atoms. The van der Waals surface area contributed by atoms with Crippen LogP contribution in [-0.4, -0.2) is 44.7 Å². The quantitative estimate of drug-likeness (QED) is 0.785. The molecule has 1 amide bonds. The number of carbonyl (C=O) groups is 1. The van der Waals surface area contributed by atoms with Crippen LogP contribution in [0, 0.1) is 0 Å². The average molecular weight is 297 g/mol. The number of fused-ring (bicyclic) bond motifs is 3. The van der Waals surface area contributed by atoms with E-state index < -0.39 is 0 Å². The van der Waals surface area contributed by atoms with Gasteiger partial charge in [-0.1, -0.05) is 0 Å². The Labute approximate surface area is 126 Å². The molecule has 3 aromatic rings. The zero-order chi connectivity index (χ0) is 14.9. The maximum absolute atomic E-state index is 12.3. The predicted octanol–water partition coefficient (Wildman–Crippen LogP) is 1.19. The van der Waals surface area contributed by atoms with Crippen molar-refractivity contribution in [3.8, 4) is 0 Å². The Balaban J connectivity index is 1.61. The number of carbonyl (C=O) groups excluding carboxylic acids is 1. The molecule has 3 heterocycles. The third kappa shape index (κ3) is 2.29. The van der Waals surface area contributed by atoms with Crippen molar-refractivity contribution in [2.75, 3.05) is 13.2 Å². The molecule has 7 nitrogen and oxygen atoms in total. The van der Waals surface area contributed by atoms with Crippen LogP contribution < -0.4 is 5.32 Å². The molecule has 7 heteroatoms. The Morgan fingerprint density at radius 2 is 2.41 bits per heavy atom. The van der Waals surface area contributed by atoms with Crippen molar-refractivity contribution >= 4 is 22.6 Å². The molecule has 1 aliphatic heterocycles. The minimum Gasteiger partial charge on any atom is -0.376 e. The van der Waals surface area contributed by atoms with Crippen LogP contribution in [0.3, 0.4) is 0 Å². The Morgan fingerprint density at radius 3 is 3.27 bits per heavy atom. The third-order valence-electron chi connectivity index (χ3n) is 3.90. The summed E-state index contributed by atoms with van der Waals surface area (Å²) in [5.74, 6) is -0.109. The Kier molecular flexibility index (Phi) is 3.19. The van der Waals surface area contributed by atoms with Crippen LogP contribution in [0.25, 0.3) is 16.7 Å². The molecule has 2 aromatic heterocycles. The summed E-state index contributed by atoms with van der Waals surface area (Å²) in [6.07, 6.45) is 5.48. The van der Waals surface area contributed by atoms with Gasteiger partial charge in [0.2, 0.25) is 0 Å². The van der Waals surface area contributed by atoms with Gasteiger partial charge in [-0.05, 0) is 31.0 Å². The fourth-order valence-electron chi connectivity index (χ4n) is 2.73. The lowest BCUT2D eigenvalue weighted by molar-refractivity contribution is 0.0858. The lowest BCUT2D eigenvalue weighted by Crippen LogP contribution is -2.31. The molecule has 0 radical (unpaired) electrons. The first-order valence-corrected chi connectivity index (χ1v) is 7.29. The van der Waals surface area contributed by atoms with E-state index in [-0.39, 0.29) is 12.0 Å². The van der Waals surface area contributed by atoms with E-state index >= 15 is 0 Å². The molecule has 1 fully saturated rings. The fraction of sp³-hybridized carbons (Fsp3) is 0.333. The maximum Gasteiger partial charge on any atom is 0.251 e. The van der Waals surface area contributed by atoms with Crippen molar-refractivity contribution < 1.29 is 9.53 Å². The highest BCUT2D eigenvalue weighted by molar-refractivity contribution is 5.97. The van der Waals surface area contributed by atoms with Gasteiger partial charge in [0, 0.05) is 18.7 Å². The minimum atomic E-state index is -0.109. The summed E-state index contributed by atoms with van der Waals surface area (Å²) in [5.41, 5.74) is 2.85. The maximum atomic E-state index is 12.3. The number of nitrogens with one attached hydrogen (secondary N) is 1. The number of hydrogen-bond acceptors (Lipinski definition) is 5. The van der Waals surface area contributed by atoms with Crippen LogP contribution >= 0.6 is 0 Å². The molecule has 1 unspecified atom stereocenters. The first kappa shape index (κ1) is 13.1. The van der Waals surface area contributed by atoms with Gasteiger partial charge in [-0.25, -0.2) is 0 Å². The third-order valence-corrected chi connectivity index (χ3v) is 3.90. The number of hydrogen-bond donors (Lipinski definition) is 1. The van der Waals surface area contributed by atoms with E-state index in [9.17, 15) is 4.79 Å². The van der Waals surface area contributed by atoms with Gasteiger partial charge in [0.25, 0.3) is 5.91 Å². The molecule has 0 saturated carbocycles. The van der Waals surface area contributed by atoms with Gasteiger partial charge in [-0.15, -0.1) is 10.2 Å². The van der Waals surface area contributed by atoms with E-state index in [0.717, 1.165) is 30.5 Å². The zero-order valence-corrected chi connectivity index (χ0v) is 11.9. The van der Waals surface area contributed by atoms with E-state index in [1.54, 1.807) is 18.6 Å². The van der Waals surface area contributed by atoms with Crippen LogP contribution in [0.4, 0.5) is 0 Å². The molecule has 0 aliphatic carbocycles. The van der Waals surface area contributed by atoms with Gasteiger partial charge in [-0.2, -0.15) is 0 Å². The summed E-state index contributed by atoms with van der Waals surface area (Å²) in [7, 11) is 0. The van der Waals surface area contributed by atoms with Crippen LogP contribution in [0.15, 0.2) is 30.7 Å². The number of amides is 1. The van der Waals surface area contributed by atoms with Crippen LogP contribution in [0.1, 0.15) is 23.2 Å². The van der Waals surface area contributed by atoms with Crippen molar-refractivity contribution in [3.63, 3.8) is 0 Å². The lowest BCUT2D eigenvalue weighted by Gasteiger charge is -2.11. The first-order chi connectivity index (χ1) is 10.8. The Morgan fingerprint density at radius 1 is 1.45 bits per heavy atom. The van der Waals surface area contributed by atoms with Crippen LogP contribution in [0.2, 0.25) is 0 Å². The minimum absolute atomic E-state index is 0.109. The number of ether oxygens (including phenoxy) is 1. The Hall–Kier alpha value is -2.54. The molecule has 1 aromatic carbocycles. The number of benzene rings is 1. The molecule has 112 valence electrons. The van der Waals surface area contributed by atoms with Gasteiger partial charge < -0.3 is 10.1 Å². The number of rotatable bonds is 3. The molecule has 1 saturated heterocycles. The second-order valence-corrected chi connectivity index (χ2v) is 5.37. The standard InChI is InChI=1S/C15H15N5O2/c21-15(17-7-11-2-1-5-22-11)10-3-4-12-13(6-10)20-9-18-19-14(20)8-16-12/h3-4,6,8-9,11H,1-2,5,7H2,(H,17,21). The topological polar surface area (TPSA) is 81.4 Å². The van der Waals surface area contributed by atoms with E-state index in [1.165, 1.54) is 0 Å². The van der Waals surface area contributed by atoms with E-state index in [1.807, 2.05) is 16.5 Å². The van der Waals surface area contributed by atoms with Crippen molar-refractivity contribution in [2.45, 2.75) is 18.9 Å². The summed E-state index contributed by atoms with van der Waals surface area (Å²) < 4.78 is 7.33. The first-order valence-electron chi connectivity index (χ1n) is 7.29. The van der Waals surface area contributed by atoms with Gasteiger partial charge in [0.1, 0.15) is 6.33 Å². The highest BCUT2D eigenvalue weighted by Gasteiger charge is 2.17. The lowest BCUT2D eigenvalue weighted by atomic mass is 10.1. The van der Waals surface area contributed by atoms with Crippen LogP contribution in [0.5, 0.6) is 0 Å². The number of nitrogens with zero attached hydrogens (tertiary/aromatic N) is 4. The van der Waals surface area contributed by atoms with E-state index in [4.69, 9.17) is 4.74 Å². The van der Waals surface area contributed by atoms with Gasteiger partial charge in [0.15, 0.2) is 5.65 Å². The number of aromatic nitrogens is 4. The molecule has 1 atom stereocenters. The summed E-state index contributed by atoms with van der Waals surface area (Å²) in [6.45, 7) is 1.33. The molecular weight excluding hydrogens is 282 g/mol. The van der Waals surface area contributed by atoms with E-state index in [2.05, 4.69) is 20.5 Å². The molecule has 4 rings (SSSR count). The summed E-state index contributed by atoms with van der Waals surface area (Å²) in [5, 5.41) is 10.8. The summed E-state index contributed by atoms with van der Waals surface area (Å²) >= 11 is 0. The molecular formula is C15H15N5O2. The molecule has 1 aliphatic rings. The van der Waals surface area contributed by atoms with Gasteiger partial charge in [-0.3, -0.25) is 14.2 Å².